The molecule has 0 radical (unpaired) electrons. The first-order valence-electron chi connectivity index (χ1n) is 13.8. The van der Waals surface area contributed by atoms with Crippen LogP contribution in [0.3, 0.4) is 0 Å². The van der Waals surface area contributed by atoms with Gasteiger partial charge < -0.3 is 40.3 Å². The molecule has 5 rings (SSSR count). The van der Waals surface area contributed by atoms with E-state index < -0.39 is 61.0 Å². The van der Waals surface area contributed by atoms with Crippen LogP contribution in [0, 0.1) is 11.7 Å². The van der Waals surface area contributed by atoms with Gasteiger partial charge in [0.1, 0.15) is 42.1 Å². The monoisotopic (exact) mass is 579 g/mol. The van der Waals surface area contributed by atoms with E-state index in [1.165, 1.54) is 36.4 Å². The molecule has 222 valence electrons. The minimum atomic E-state index is -1.50. The summed E-state index contributed by atoms with van der Waals surface area (Å²) in [6.07, 6.45) is -3.64. The number of phenols is 1. The summed E-state index contributed by atoms with van der Waals surface area (Å²) in [5, 5.41) is 61.5. The fraction of sp³-hybridized carbons (Fsp3) is 0.344. The van der Waals surface area contributed by atoms with Gasteiger partial charge in [0.2, 0.25) is 5.91 Å². The number of phenolic OH excluding ortho intramolecular Hbond substituents is 1. The molecule has 0 unspecified atom stereocenters. The van der Waals surface area contributed by atoms with Crippen molar-refractivity contribution in [2.24, 2.45) is 5.92 Å². The molecule has 8 atom stereocenters. The third-order valence-corrected chi connectivity index (χ3v) is 8.03. The molecule has 0 bridgehead atoms. The third-order valence-electron chi connectivity index (χ3n) is 8.03. The van der Waals surface area contributed by atoms with Gasteiger partial charge in [-0.15, -0.1) is 0 Å². The minimum Gasteiger partial charge on any atom is -0.508 e. The van der Waals surface area contributed by atoms with Crippen molar-refractivity contribution in [2.45, 2.75) is 55.5 Å². The van der Waals surface area contributed by atoms with Crippen LogP contribution < -0.4 is 4.90 Å². The molecule has 2 heterocycles. The second-order valence-corrected chi connectivity index (χ2v) is 10.7. The first kappa shape index (κ1) is 29.8. The van der Waals surface area contributed by atoms with Gasteiger partial charge in [-0.2, -0.15) is 0 Å². The van der Waals surface area contributed by atoms with E-state index >= 15 is 0 Å². The van der Waals surface area contributed by atoms with Crippen LogP contribution in [-0.4, -0.2) is 73.7 Å². The van der Waals surface area contributed by atoms with Gasteiger partial charge in [-0.25, -0.2) is 4.39 Å². The number of β-lactam (4-membered cyclic amide) rings is 1. The molecule has 6 N–H and O–H groups in total. The van der Waals surface area contributed by atoms with E-state index in [4.69, 9.17) is 4.74 Å². The molecule has 10 heteroatoms. The molecule has 3 aromatic rings. The number of para-hydroxylation sites is 1. The Morgan fingerprint density at radius 3 is 2.33 bits per heavy atom. The molecule has 2 aliphatic heterocycles. The first-order chi connectivity index (χ1) is 20.2. The van der Waals surface area contributed by atoms with Crippen molar-refractivity contribution in [3.05, 3.63) is 101 Å². The average molecular weight is 580 g/mol. The number of aliphatic hydroxyl groups is 5. The molecular formula is C32H34FNO8. The van der Waals surface area contributed by atoms with Crippen LogP contribution in [0.25, 0.3) is 6.08 Å². The second kappa shape index (κ2) is 12.7. The van der Waals surface area contributed by atoms with Gasteiger partial charge in [-0.3, -0.25) is 4.79 Å². The molecular weight excluding hydrogens is 545 g/mol. The van der Waals surface area contributed by atoms with Crippen LogP contribution >= 0.6 is 0 Å². The number of aliphatic hydroxyl groups excluding tert-OH is 5. The number of hydrogen-bond acceptors (Lipinski definition) is 8. The van der Waals surface area contributed by atoms with Crippen molar-refractivity contribution >= 4 is 17.7 Å². The number of hydrogen-bond donors (Lipinski definition) is 6. The average Bonchev–Trinajstić information content (AvgIpc) is 2.99. The fourth-order valence-corrected chi connectivity index (χ4v) is 5.66. The van der Waals surface area contributed by atoms with E-state index in [9.17, 15) is 39.8 Å². The quantitative estimate of drug-likeness (QED) is 0.212. The maximum Gasteiger partial charge on any atom is 0.233 e. The van der Waals surface area contributed by atoms with Crippen LogP contribution in [0.5, 0.6) is 5.75 Å². The zero-order chi connectivity index (χ0) is 30.0. The van der Waals surface area contributed by atoms with Gasteiger partial charge in [0, 0.05) is 11.3 Å². The molecule has 2 fully saturated rings. The summed E-state index contributed by atoms with van der Waals surface area (Å²) in [6, 6.07) is 19.1. The first-order valence-corrected chi connectivity index (χ1v) is 13.8. The summed E-state index contributed by atoms with van der Waals surface area (Å²) < 4.78 is 18.8. The number of anilines is 1. The lowest BCUT2D eigenvalue weighted by molar-refractivity contribution is -0.216. The summed E-state index contributed by atoms with van der Waals surface area (Å²) in [5.41, 5.74) is 2.30. The van der Waals surface area contributed by atoms with E-state index in [1.807, 2.05) is 30.3 Å². The van der Waals surface area contributed by atoms with E-state index in [1.54, 1.807) is 23.1 Å². The Morgan fingerprint density at radius 1 is 0.952 bits per heavy atom. The van der Waals surface area contributed by atoms with Crippen molar-refractivity contribution in [3.63, 3.8) is 0 Å². The molecule has 0 spiro atoms. The van der Waals surface area contributed by atoms with E-state index in [0.29, 0.717) is 28.8 Å². The standard InChI is InChI=1S/C32H34FNO8/c33-20-10-8-19(9-11-20)24(36)14-13-23-28(34(32(23)41)21-4-2-1-3-5-21)22-12-6-18(16-25(22)37)7-15-26-29(38)31(40)30(39)27(17-35)42-26/h1-12,15-16,23-24,26-31,35-40H,13-14,17H2/b15-7+/t23-,24+,26+,27-,28-,29+,30-,31-/m1/s1. The Bertz CT molecular complexity index is 1400. The minimum absolute atomic E-state index is 0.0616. The number of carbonyl (C=O) groups excluding carboxylic acids is 1. The van der Waals surface area contributed by atoms with Crippen LogP contribution in [0.2, 0.25) is 0 Å². The Balaban J connectivity index is 1.35. The topological polar surface area (TPSA) is 151 Å². The highest BCUT2D eigenvalue weighted by Gasteiger charge is 2.49. The normalized spacial score (nSPS) is 28.6. The zero-order valence-electron chi connectivity index (χ0n) is 22.6. The Morgan fingerprint density at radius 2 is 1.67 bits per heavy atom. The van der Waals surface area contributed by atoms with E-state index in [2.05, 4.69) is 0 Å². The molecule has 0 aromatic heterocycles. The predicted octanol–water partition coefficient (Wildman–Crippen LogP) is 2.60. The molecule has 1 amide bonds. The van der Waals surface area contributed by atoms with Crippen LogP contribution in [-0.2, 0) is 9.53 Å². The van der Waals surface area contributed by atoms with Gasteiger partial charge in [0.15, 0.2) is 0 Å². The second-order valence-electron chi connectivity index (χ2n) is 10.7. The number of halogens is 1. The number of benzene rings is 3. The lowest BCUT2D eigenvalue weighted by atomic mass is 9.77. The van der Waals surface area contributed by atoms with Crippen LogP contribution in [0.4, 0.5) is 10.1 Å². The molecule has 42 heavy (non-hydrogen) atoms. The molecule has 3 aromatic carbocycles. The van der Waals surface area contributed by atoms with Crippen LogP contribution in [0.1, 0.15) is 41.7 Å². The largest absolute Gasteiger partial charge is 0.508 e. The maximum absolute atomic E-state index is 13.3. The van der Waals surface area contributed by atoms with Gasteiger partial charge in [0.05, 0.1) is 24.7 Å². The number of amides is 1. The Hall–Kier alpha value is -3.64. The number of nitrogens with zero attached hydrogens (tertiary/aromatic N) is 1. The van der Waals surface area contributed by atoms with Gasteiger partial charge in [-0.05, 0) is 54.3 Å². The lowest BCUT2D eigenvalue weighted by Gasteiger charge is -2.48. The molecule has 2 saturated heterocycles. The highest BCUT2D eigenvalue weighted by molar-refractivity contribution is 6.03. The zero-order valence-corrected chi connectivity index (χ0v) is 22.6. The summed E-state index contributed by atoms with van der Waals surface area (Å²) in [4.78, 5) is 15.0. The van der Waals surface area contributed by atoms with Gasteiger partial charge in [0.25, 0.3) is 0 Å². The summed E-state index contributed by atoms with van der Waals surface area (Å²) >= 11 is 0. The van der Waals surface area contributed by atoms with Gasteiger partial charge in [-0.1, -0.05) is 54.6 Å². The van der Waals surface area contributed by atoms with Crippen molar-refractivity contribution in [2.75, 3.05) is 11.5 Å². The summed E-state index contributed by atoms with van der Waals surface area (Å²) in [6.45, 7) is -0.537. The SMILES string of the molecule is O=C1[C@H](CC[C@H](O)c2ccc(F)cc2)[C@@H](c2ccc(/C=C/[C@@H]3O[C@H](CO)[C@@H](O)[C@H](O)[C@H]3O)cc2O)N1c1ccccc1. The summed E-state index contributed by atoms with van der Waals surface area (Å²) in [5.74, 6) is -1.11. The summed E-state index contributed by atoms with van der Waals surface area (Å²) in [7, 11) is 0. The number of aromatic hydroxyl groups is 1. The number of carbonyl (C=O) groups is 1. The fourth-order valence-electron chi connectivity index (χ4n) is 5.66. The number of rotatable bonds is 9. The molecule has 2 aliphatic rings. The maximum atomic E-state index is 13.3. The molecule has 0 aliphatic carbocycles. The van der Waals surface area contributed by atoms with Crippen LogP contribution in [0.15, 0.2) is 78.9 Å². The van der Waals surface area contributed by atoms with Crippen molar-refractivity contribution in [1.82, 2.24) is 0 Å². The Kier molecular flexibility index (Phi) is 9.02. The highest BCUT2D eigenvalue weighted by Crippen LogP contribution is 2.48. The van der Waals surface area contributed by atoms with E-state index in [-0.39, 0.29) is 18.1 Å². The van der Waals surface area contributed by atoms with Crippen molar-refractivity contribution < 1.29 is 44.6 Å². The number of ether oxygens (including phenoxy) is 1. The molecule has 0 saturated carbocycles. The van der Waals surface area contributed by atoms with Gasteiger partial charge >= 0.3 is 0 Å². The highest BCUT2D eigenvalue weighted by atomic mass is 19.1. The third kappa shape index (κ3) is 5.96. The predicted molar refractivity (Wildman–Crippen MR) is 152 cm³/mol. The smallest absolute Gasteiger partial charge is 0.233 e. The van der Waals surface area contributed by atoms with Crippen molar-refractivity contribution in [1.29, 1.82) is 0 Å². The molecule has 9 nitrogen and oxygen atoms in total. The van der Waals surface area contributed by atoms with Crippen molar-refractivity contribution in [3.8, 4) is 5.75 Å². The van der Waals surface area contributed by atoms with E-state index in [0.717, 1.165) is 0 Å². The Labute approximate surface area is 242 Å². The lowest BCUT2D eigenvalue weighted by Crippen LogP contribution is -2.57.